The second-order valence-corrected chi connectivity index (χ2v) is 9.48. The van der Waals surface area contributed by atoms with Crippen LogP contribution >= 0.6 is 0 Å². The third-order valence-corrected chi connectivity index (χ3v) is 6.98. The van der Waals surface area contributed by atoms with E-state index >= 15 is 0 Å². The van der Waals surface area contributed by atoms with Crippen molar-refractivity contribution in [1.29, 1.82) is 0 Å². The molecule has 156 valence electrons. The molecule has 1 aromatic heterocycles. The molecule has 1 aliphatic carbocycles. The van der Waals surface area contributed by atoms with Crippen molar-refractivity contribution in [2.75, 3.05) is 19.6 Å². The van der Waals surface area contributed by atoms with E-state index in [1.54, 1.807) is 18.4 Å². The van der Waals surface area contributed by atoms with Crippen LogP contribution in [0.3, 0.4) is 0 Å². The van der Waals surface area contributed by atoms with E-state index in [0.29, 0.717) is 12.1 Å². The first-order valence-electron chi connectivity index (χ1n) is 10.2. The van der Waals surface area contributed by atoms with E-state index < -0.39 is 10.0 Å². The Kier molecular flexibility index (Phi) is 6.03. The number of hydrogen-bond acceptors (Lipinski definition) is 5. The summed E-state index contributed by atoms with van der Waals surface area (Å²) in [5.74, 6) is 0.541. The van der Waals surface area contributed by atoms with Crippen molar-refractivity contribution in [3.05, 3.63) is 54.0 Å². The summed E-state index contributed by atoms with van der Waals surface area (Å²) in [5, 5.41) is 2.96. The number of benzene rings is 1. The number of sulfonamides is 1. The Hall–Kier alpha value is -2.16. The predicted octanol–water partition coefficient (Wildman–Crippen LogP) is 2.68. The first kappa shape index (κ1) is 20.1. The van der Waals surface area contributed by atoms with Crippen molar-refractivity contribution < 1.29 is 17.6 Å². The summed E-state index contributed by atoms with van der Waals surface area (Å²) < 4.78 is 33.1. The Bertz CT molecular complexity index is 933. The Balaban J connectivity index is 1.44. The van der Waals surface area contributed by atoms with Crippen LogP contribution in [0.4, 0.5) is 0 Å². The van der Waals surface area contributed by atoms with Crippen LogP contribution in [0.2, 0.25) is 0 Å². The van der Waals surface area contributed by atoms with Gasteiger partial charge in [-0.3, -0.25) is 9.69 Å². The molecule has 8 heteroatoms. The van der Waals surface area contributed by atoms with Gasteiger partial charge in [0.1, 0.15) is 5.76 Å². The van der Waals surface area contributed by atoms with Gasteiger partial charge >= 0.3 is 0 Å². The van der Waals surface area contributed by atoms with Gasteiger partial charge in [-0.1, -0.05) is 12.5 Å². The van der Waals surface area contributed by atoms with Crippen LogP contribution in [0.15, 0.2) is 52.0 Å². The monoisotopic (exact) mass is 417 g/mol. The molecule has 1 aromatic carbocycles. The second-order valence-electron chi connectivity index (χ2n) is 7.76. The number of hydrogen-bond donors (Lipinski definition) is 2. The zero-order valence-corrected chi connectivity index (χ0v) is 17.2. The summed E-state index contributed by atoms with van der Waals surface area (Å²) in [5.41, 5.74) is 0.334. The SMILES string of the molecule is O=C(NC[C@H](c1ccco1)N1CCCCC1)c1cccc(S(=O)(=O)NC2CC2)c1. The lowest BCUT2D eigenvalue weighted by molar-refractivity contribution is 0.0914. The van der Waals surface area contributed by atoms with Crippen LogP contribution in [-0.2, 0) is 10.0 Å². The Morgan fingerprint density at radius 2 is 1.93 bits per heavy atom. The molecule has 0 bridgehead atoms. The van der Waals surface area contributed by atoms with Crippen LogP contribution in [-0.4, -0.2) is 44.9 Å². The number of piperidine rings is 1. The zero-order chi connectivity index (χ0) is 20.3. The molecule has 1 amide bonds. The second kappa shape index (κ2) is 8.69. The first-order chi connectivity index (χ1) is 14.0. The molecule has 2 aliphatic rings. The Labute approximate surface area is 171 Å². The van der Waals surface area contributed by atoms with E-state index in [0.717, 1.165) is 44.5 Å². The van der Waals surface area contributed by atoms with E-state index in [-0.39, 0.29) is 22.9 Å². The van der Waals surface area contributed by atoms with Crippen molar-refractivity contribution in [3.63, 3.8) is 0 Å². The minimum atomic E-state index is -3.59. The normalized spacial score (nSPS) is 19.0. The fourth-order valence-corrected chi connectivity index (χ4v) is 5.06. The molecule has 0 radical (unpaired) electrons. The van der Waals surface area contributed by atoms with Gasteiger partial charge in [0.05, 0.1) is 17.2 Å². The van der Waals surface area contributed by atoms with E-state index in [1.165, 1.54) is 18.6 Å². The molecule has 0 unspecified atom stereocenters. The highest BCUT2D eigenvalue weighted by Gasteiger charge is 2.29. The fourth-order valence-electron chi connectivity index (χ4n) is 3.71. The fraction of sp³-hybridized carbons (Fsp3) is 0.476. The van der Waals surface area contributed by atoms with Gasteiger partial charge in [-0.05, 0) is 69.1 Å². The molecule has 2 fully saturated rings. The van der Waals surface area contributed by atoms with Gasteiger partial charge in [0, 0.05) is 18.2 Å². The van der Waals surface area contributed by atoms with Gasteiger partial charge in [0.15, 0.2) is 0 Å². The lowest BCUT2D eigenvalue weighted by Gasteiger charge is -2.33. The smallest absolute Gasteiger partial charge is 0.251 e. The van der Waals surface area contributed by atoms with E-state index in [4.69, 9.17) is 4.42 Å². The molecule has 1 saturated heterocycles. The molecule has 1 atom stereocenters. The number of carbonyl (C=O) groups is 1. The van der Waals surface area contributed by atoms with Crippen LogP contribution in [0.25, 0.3) is 0 Å². The third-order valence-electron chi connectivity index (χ3n) is 5.46. The number of rotatable bonds is 8. The number of likely N-dealkylation sites (tertiary alicyclic amines) is 1. The molecular formula is C21H27N3O4S. The molecular weight excluding hydrogens is 390 g/mol. The van der Waals surface area contributed by atoms with Gasteiger partial charge in [-0.15, -0.1) is 0 Å². The number of nitrogens with one attached hydrogen (secondary N) is 2. The minimum absolute atomic E-state index is 0.0241. The van der Waals surface area contributed by atoms with Crippen molar-refractivity contribution in [2.45, 2.75) is 49.1 Å². The van der Waals surface area contributed by atoms with E-state index in [1.807, 2.05) is 12.1 Å². The highest BCUT2D eigenvalue weighted by atomic mass is 32.2. The van der Waals surface area contributed by atoms with Crippen LogP contribution in [0.5, 0.6) is 0 Å². The Morgan fingerprint density at radius 1 is 1.14 bits per heavy atom. The lowest BCUT2D eigenvalue weighted by atomic mass is 10.1. The van der Waals surface area contributed by atoms with Crippen LogP contribution in [0.1, 0.15) is 54.3 Å². The summed E-state index contributed by atoms with van der Waals surface area (Å²) in [6, 6.07) is 9.97. The molecule has 1 aliphatic heterocycles. The lowest BCUT2D eigenvalue weighted by Crippen LogP contribution is -2.40. The average molecular weight is 418 g/mol. The summed E-state index contributed by atoms with van der Waals surface area (Å²) in [6.07, 6.45) is 6.88. The molecule has 0 spiro atoms. The maximum Gasteiger partial charge on any atom is 0.251 e. The summed E-state index contributed by atoms with van der Waals surface area (Å²) in [6.45, 7) is 2.35. The maximum atomic E-state index is 12.7. The highest BCUT2D eigenvalue weighted by molar-refractivity contribution is 7.89. The van der Waals surface area contributed by atoms with Crippen molar-refractivity contribution in [3.8, 4) is 0 Å². The van der Waals surface area contributed by atoms with Crippen LogP contribution in [0, 0.1) is 0 Å². The largest absolute Gasteiger partial charge is 0.468 e. The van der Waals surface area contributed by atoms with E-state index in [2.05, 4.69) is 14.9 Å². The molecule has 29 heavy (non-hydrogen) atoms. The molecule has 4 rings (SSSR count). The quantitative estimate of drug-likeness (QED) is 0.689. The van der Waals surface area contributed by atoms with Gasteiger partial charge in [0.2, 0.25) is 10.0 Å². The summed E-state index contributed by atoms with van der Waals surface area (Å²) in [4.78, 5) is 15.2. The van der Waals surface area contributed by atoms with Crippen LogP contribution < -0.4 is 10.0 Å². The molecule has 1 saturated carbocycles. The predicted molar refractivity (Wildman–Crippen MR) is 109 cm³/mol. The summed E-state index contributed by atoms with van der Waals surface area (Å²) >= 11 is 0. The average Bonchev–Trinajstić information content (AvgIpc) is 3.37. The molecule has 2 aromatic rings. The third kappa shape index (κ3) is 5.07. The van der Waals surface area contributed by atoms with E-state index in [9.17, 15) is 13.2 Å². The minimum Gasteiger partial charge on any atom is -0.468 e. The summed E-state index contributed by atoms with van der Waals surface area (Å²) in [7, 11) is -3.59. The van der Waals surface area contributed by atoms with Gasteiger partial charge in [-0.2, -0.15) is 0 Å². The number of furan rings is 1. The topological polar surface area (TPSA) is 91.7 Å². The zero-order valence-electron chi connectivity index (χ0n) is 16.3. The van der Waals surface area contributed by atoms with Crippen molar-refractivity contribution in [2.24, 2.45) is 0 Å². The van der Waals surface area contributed by atoms with Crippen molar-refractivity contribution >= 4 is 15.9 Å². The molecule has 7 nitrogen and oxygen atoms in total. The number of amides is 1. The molecule has 2 N–H and O–H groups in total. The standard InChI is InChI=1S/C21H27N3O4S/c25-21(16-6-4-7-18(14-16)29(26,27)23-17-9-10-17)22-15-19(20-8-5-13-28-20)24-11-2-1-3-12-24/h4-8,13-14,17,19,23H,1-3,9-12,15H2,(H,22,25)/t19-/m1/s1. The number of nitrogens with zero attached hydrogens (tertiary/aromatic N) is 1. The number of carbonyl (C=O) groups excluding carboxylic acids is 1. The Morgan fingerprint density at radius 3 is 2.62 bits per heavy atom. The highest BCUT2D eigenvalue weighted by Crippen LogP contribution is 2.25. The first-order valence-corrected chi connectivity index (χ1v) is 11.7. The van der Waals surface area contributed by atoms with Gasteiger partial charge < -0.3 is 9.73 Å². The van der Waals surface area contributed by atoms with Gasteiger partial charge in [0.25, 0.3) is 5.91 Å². The molecule has 2 heterocycles. The maximum absolute atomic E-state index is 12.7. The van der Waals surface area contributed by atoms with Crippen molar-refractivity contribution in [1.82, 2.24) is 14.9 Å². The van der Waals surface area contributed by atoms with Gasteiger partial charge in [-0.25, -0.2) is 13.1 Å².